The Morgan fingerprint density at radius 2 is 1.96 bits per heavy atom. The summed E-state index contributed by atoms with van der Waals surface area (Å²) >= 11 is 0. The van der Waals surface area contributed by atoms with Crippen LogP contribution in [0.1, 0.15) is 26.5 Å². The molecule has 1 aromatic carbocycles. The van der Waals surface area contributed by atoms with Crippen LogP contribution in [-0.2, 0) is 11.2 Å². The molecule has 6 nitrogen and oxygen atoms in total. The second kappa shape index (κ2) is 9.24. The number of benzene rings is 1. The molecular weight excluding hydrogens is 340 g/mol. The SMILES string of the molecule is CCNC(=NCC(C)(C)N1CCOCC1)NCCc1cc2ccccc2o1. The fourth-order valence-electron chi connectivity index (χ4n) is 3.35. The number of furan rings is 1. The average molecular weight is 373 g/mol. The van der Waals surface area contributed by atoms with Gasteiger partial charge in [0.25, 0.3) is 0 Å². The Labute approximate surface area is 162 Å². The van der Waals surface area contributed by atoms with Gasteiger partial charge in [0.15, 0.2) is 5.96 Å². The molecule has 0 amide bonds. The molecule has 0 saturated carbocycles. The molecule has 2 N–H and O–H groups in total. The standard InChI is InChI=1S/C21H32N4O2/c1-4-22-20(24-16-21(2,3)25-11-13-26-14-12-25)23-10-9-18-15-17-7-5-6-8-19(17)27-18/h5-8,15H,4,9-14,16H2,1-3H3,(H2,22,23,24). The van der Waals surface area contributed by atoms with Crippen molar-refractivity contribution in [3.8, 4) is 0 Å². The van der Waals surface area contributed by atoms with Crippen molar-refractivity contribution in [2.24, 2.45) is 4.99 Å². The van der Waals surface area contributed by atoms with Crippen molar-refractivity contribution in [3.63, 3.8) is 0 Å². The lowest BCUT2D eigenvalue weighted by Crippen LogP contribution is -2.52. The number of ether oxygens (including phenoxy) is 1. The molecular formula is C21H32N4O2. The maximum absolute atomic E-state index is 5.88. The monoisotopic (exact) mass is 372 g/mol. The van der Waals surface area contributed by atoms with Crippen molar-refractivity contribution < 1.29 is 9.15 Å². The highest BCUT2D eigenvalue weighted by molar-refractivity contribution is 5.80. The van der Waals surface area contributed by atoms with Crippen LogP contribution < -0.4 is 10.6 Å². The predicted octanol–water partition coefficient (Wildman–Crippen LogP) is 2.64. The first-order chi connectivity index (χ1) is 13.1. The molecule has 0 radical (unpaired) electrons. The van der Waals surface area contributed by atoms with Gasteiger partial charge in [0.05, 0.1) is 19.8 Å². The first-order valence-corrected chi connectivity index (χ1v) is 9.91. The zero-order valence-electron chi connectivity index (χ0n) is 16.8. The van der Waals surface area contributed by atoms with E-state index in [-0.39, 0.29) is 5.54 Å². The molecule has 3 rings (SSSR count). The summed E-state index contributed by atoms with van der Waals surface area (Å²) in [6.07, 6.45) is 0.825. The number of rotatable bonds is 7. The van der Waals surface area contributed by atoms with Crippen LogP contribution in [0, 0.1) is 0 Å². The summed E-state index contributed by atoms with van der Waals surface area (Å²) in [6.45, 7) is 12.5. The zero-order valence-corrected chi connectivity index (χ0v) is 16.8. The topological polar surface area (TPSA) is 62.0 Å². The lowest BCUT2D eigenvalue weighted by molar-refractivity contribution is -0.00683. The van der Waals surface area contributed by atoms with Gasteiger partial charge in [-0.3, -0.25) is 9.89 Å². The third-order valence-corrected chi connectivity index (χ3v) is 4.98. The second-order valence-corrected chi connectivity index (χ2v) is 7.53. The van der Waals surface area contributed by atoms with E-state index < -0.39 is 0 Å². The summed E-state index contributed by atoms with van der Waals surface area (Å²) in [5.41, 5.74) is 0.963. The Morgan fingerprint density at radius 3 is 2.70 bits per heavy atom. The van der Waals surface area contributed by atoms with Crippen LogP contribution in [0.25, 0.3) is 11.0 Å². The van der Waals surface area contributed by atoms with E-state index >= 15 is 0 Å². The minimum Gasteiger partial charge on any atom is -0.461 e. The number of fused-ring (bicyclic) bond motifs is 1. The first-order valence-electron chi connectivity index (χ1n) is 9.91. The van der Waals surface area contributed by atoms with Crippen LogP contribution in [-0.4, -0.2) is 62.3 Å². The maximum atomic E-state index is 5.88. The minimum atomic E-state index is 0.0187. The molecule has 0 bridgehead atoms. The molecule has 2 heterocycles. The van der Waals surface area contributed by atoms with Crippen LogP contribution >= 0.6 is 0 Å². The highest BCUT2D eigenvalue weighted by Crippen LogP contribution is 2.19. The van der Waals surface area contributed by atoms with Crippen molar-refractivity contribution in [1.82, 2.24) is 15.5 Å². The van der Waals surface area contributed by atoms with Gasteiger partial charge >= 0.3 is 0 Å². The Kier molecular flexibility index (Phi) is 6.74. The van der Waals surface area contributed by atoms with Crippen molar-refractivity contribution >= 4 is 16.9 Å². The molecule has 148 valence electrons. The normalized spacial score (nSPS) is 16.6. The van der Waals surface area contributed by atoms with Gasteiger partial charge in [-0.2, -0.15) is 0 Å². The molecule has 27 heavy (non-hydrogen) atoms. The van der Waals surface area contributed by atoms with E-state index in [0.29, 0.717) is 0 Å². The predicted molar refractivity (Wildman–Crippen MR) is 110 cm³/mol. The van der Waals surface area contributed by atoms with E-state index in [1.807, 2.05) is 18.2 Å². The summed E-state index contributed by atoms with van der Waals surface area (Å²) in [5, 5.41) is 7.91. The number of morpholine rings is 1. The van der Waals surface area contributed by atoms with Crippen molar-refractivity contribution in [1.29, 1.82) is 0 Å². The smallest absolute Gasteiger partial charge is 0.191 e. The maximum Gasteiger partial charge on any atom is 0.191 e. The van der Waals surface area contributed by atoms with Crippen LogP contribution in [0.15, 0.2) is 39.7 Å². The molecule has 2 aromatic rings. The molecule has 1 aromatic heterocycles. The largest absolute Gasteiger partial charge is 0.461 e. The molecule has 1 aliphatic rings. The third-order valence-electron chi connectivity index (χ3n) is 4.98. The number of nitrogens with one attached hydrogen (secondary N) is 2. The minimum absolute atomic E-state index is 0.0187. The Balaban J connectivity index is 1.53. The summed E-state index contributed by atoms with van der Waals surface area (Å²) < 4.78 is 11.3. The van der Waals surface area contributed by atoms with Crippen LogP contribution in [0.5, 0.6) is 0 Å². The molecule has 0 aliphatic carbocycles. The van der Waals surface area contributed by atoms with E-state index in [1.165, 1.54) is 0 Å². The van der Waals surface area contributed by atoms with Crippen molar-refractivity contribution in [2.45, 2.75) is 32.7 Å². The highest BCUT2D eigenvalue weighted by atomic mass is 16.5. The Morgan fingerprint density at radius 1 is 1.19 bits per heavy atom. The third kappa shape index (κ3) is 5.47. The second-order valence-electron chi connectivity index (χ2n) is 7.53. The molecule has 0 atom stereocenters. The number of hydrogen-bond donors (Lipinski definition) is 2. The van der Waals surface area contributed by atoms with E-state index in [2.05, 4.69) is 48.4 Å². The Hall–Kier alpha value is -2.05. The summed E-state index contributed by atoms with van der Waals surface area (Å²) in [6, 6.07) is 10.2. The van der Waals surface area contributed by atoms with Gasteiger partial charge in [0.1, 0.15) is 11.3 Å². The van der Waals surface area contributed by atoms with Crippen LogP contribution in [0.2, 0.25) is 0 Å². The van der Waals surface area contributed by atoms with Gasteiger partial charge in [-0.25, -0.2) is 0 Å². The summed E-state index contributed by atoms with van der Waals surface area (Å²) in [4.78, 5) is 7.27. The number of nitrogens with zero attached hydrogens (tertiary/aromatic N) is 2. The molecule has 1 aliphatic heterocycles. The van der Waals surface area contributed by atoms with Gasteiger partial charge < -0.3 is 19.8 Å². The van der Waals surface area contributed by atoms with Gasteiger partial charge in [0, 0.05) is 43.5 Å². The van der Waals surface area contributed by atoms with Crippen molar-refractivity contribution in [2.75, 3.05) is 45.9 Å². The summed E-state index contributed by atoms with van der Waals surface area (Å²) in [5.74, 6) is 1.85. The van der Waals surface area contributed by atoms with E-state index in [4.69, 9.17) is 14.1 Å². The van der Waals surface area contributed by atoms with Gasteiger partial charge in [-0.05, 0) is 32.9 Å². The number of guanidine groups is 1. The van der Waals surface area contributed by atoms with Crippen molar-refractivity contribution in [3.05, 3.63) is 36.1 Å². The Bertz CT molecular complexity index is 714. The van der Waals surface area contributed by atoms with Gasteiger partial charge in [-0.15, -0.1) is 0 Å². The molecule has 0 spiro atoms. The van der Waals surface area contributed by atoms with Gasteiger partial charge in [0.2, 0.25) is 0 Å². The molecule has 1 saturated heterocycles. The summed E-state index contributed by atoms with van der Waals surface area (Å²) in [7, 11) is 0. The number of hydrogen-bond acceptors (Lipinski definition) is 4. The van der Waals surface area contributed by atoms with E-state index in [0.717, 1.165) is 75.0 Å². The fraction of sp³-hybridized carbons (Fsp3) is 0.571. The molecule has 1 fully saturated rings. The number of aliphatic imine (C=N–C) groups is 1. The van der Waals surface area contributed by atoms with Gasteiger partial charge in [-0.1, -0.05) is 18.2 Å². The lowest BCUT2D eigenvalue weighted by atomic mass is 10.0. The zero-order chi connectivity index (χ0) is 19.1. The lowest BCUT2D eigenvalue weighted by Gasteiger charge is -2.39. The van der Waals surface area contributed by atoms with Crippen LogP contribution in [0.4, 0.5) is 0 Å². The van der Waals surface area contributed by atoms with Crippen LogP contribution in [0.3, 0.4) is 0 Å². The average Bonchev–Trinajstić information content (AvgIpc) is 3.09. The fourth-order valence-corrected chi connectivity index (χ4v) is 3.35. The molecule has 0 unspecified atom stereocenters. The number of para-hydroxylation sites is 1. The first kappa shape index (κ1) is 19.7. The van der Waals surface area contributed by atoms with E-state index in [9.17, 15) is 0 Å². The molecule has 6 heteroatoms. The highest BCUT2D eigenvalue weighted by Gasteiger charge is 2.28. The quantitative estimate of drug-likeness (QED) is 0.578. The van der Waals surface area contributed by atoms with E-state index in [1.54, 1.807) is 0 Å².